The Morgan fingerprint density at radius 2 is 2.00 bits per heavy atom. The zero-order valence-electron chi connectivity index (χ0n) is 7.91. The Hall–Kier alpha value is -1.71. The summed E-state index contributed by atoms with van der Waals surface area (Å²) in [6, 6.07) is 3.29. The van der Waals surface area contributed by atoms with E-state index in [2.05, 4.69) is 11.7 Å². The number of halogens is 2. The molecule has 0 bridgehead atoms. The van der Waals surface area contributed by atoms with Crippen LogP contribution in [0.5, 0.6) is 0 Å². The third kappa shape index (κ3) is 2.03. The summed E-state index contributed by atoms with van der Waals surface area (Å²) in [6.45, 7) is 3.56. The molecule has 0 saturated heterocycles. The Morgan fingerprint density at radius 1 is 1.33 bits per heavy atom. The molecule has 0 spiro atoms. The molecule has 1 aromatic rings. The minimum Gasteiger partial charge on any atom is -0.388 e. The lowest BCUT2D eigenvalue weighted by Gasteiger charge is -2.00. The first kappa shape index (κ1) is 9.83. The second-order valence-corrected chi connectivity index (χ2v) is 3.28. The predicted molar refractivity (Wildman–Crippen MR) is 52.6 cm³/mol. The molecule has 2 rings (SSSR count). The van der Waals surface area contributed by atoms with Crippen LogP contribution >= 0.6 is 0 Å². The van der Waals surface area contributed by atoms with Gasteiger partial charge in [-0.3, -0.25) is 0 Å². The van der Waals surface area contributed by atoms with E-state index < -0.39 is 11.6 Å². The van der Waals surface area contributed by atoms with Gasteiger partial charge >= 0.3 is 0 Å². The summed E-state index contributed by atoms with van der Waals surface area (Å²) in [6.07, 6.45) is 1.89. The number of hydrogen-bond donors (Lipinski definition) is 0. The van der Waals surface area contributed by atoms with Gasteiger partial charge in [0, 0.05) is 18.1 Å². The number of oxime groups is 1. The van der Waals surface area contributed by atoms with Crippen molar-refractivity contribution in [3.05, 3.63) is 48.1 Å². The molecule has 1 unspecified atom stereocenters. The SMILES string of the molecule is C=CC1CC(c2cc(F)cc(F)c2)=NO1. The molecule has 0 saturated carbocycles. The van der Waals surface area contributed by atoms with Gasteiger partial charge in [0.25, 0.3) is 0 Å². The minimum atomic E-state index is -0.616. The average Bonchev–Trinajstić information content (AvgIpc) is 2.64. The summed E-state index contributed by atoms with van der Waals surface area (Å²) in [5, 5.41) is 3.75. The summed E-state index contributed by atoms with van der Waals surface area (Å²) in [4.78, 5) is 4.97. The molecule has 0 aliphatic carbocycles. The molecule has 0 fully saturated rings. The van der Waals surface area contributed by atoms with Crippen molar-refractivity contribution in [3.8, 4) is 0 Å². The maximum atomic E-state index is 12.9. The van der Waals surface area contributed by atoms with Gasteiger partial charge in [0.1, 0.15) is 11.6 Å². The van der Waals surface area contributed by atoms with Gasteiger partial charge in [0.05, 0.1) is 5.71 Å². The van der Waals surface area contributed by atoms with E-state index in [4.69, 9.17) is 4.84 Å². The van der Waals surface area contributed by atoms with Crippen LogP contribution in [0.3, 0.4) is 0 Å². The second-order valence-electron chi connectivity index (χ2n) is 3.28. The fourth-order valence-corrected chi connectivity index (χ4v) is 1.41. The van der Waals surface area contributed by atoms with Gasteiger partial charge in [-0.15, -0.1) is 0 Å². The van der Waals surface area contributed by atoms with Crippen molar-refractivity contribution in [2.75, 3.05) is 0 Å². The quantitative estimate of drug-likeness (QED) is 0.686. The molecule has 1 aliphatic heterocycles. The first-order chi connectivity index (χ1) is 7.19. The fourth-order valence-electron chi connectivity index (χ4n) is 1.41. The molecule has 0 radical (unpaired) electrons. The van der Waals surface area contributed by atoms with Crippen LogP contribution < -0.4 is 0 Å². The molecular weight excluding hydrogens is 200 g/mol. The lowest BCUT2D eigenvalue weighted by molar-refractivity contribution is 0.120. The second kappa shape index (κ2) is 3.81. The van der Waals surface area contributed by atoms with Crippen molar-refractivity contribution in [1.82, 2.24) is 0 Å². The van der Waals surface area contributed by atoms with E-state index in [-0.39, 0.29) is 6.10 Å². The molecule has 15 heavy (non-hydrogen) atoms. The molecule has 1 aromatic carbocycles. The van der Waals surface area contributed by atoms with E-state index >= 15 is 0 Å². The van der Waals surface area contributed by atoms with Crippen LogP contribution in [0.4, 0.5) is 8.78 Å². The van der Waals surface area contributed by atoms with Gasteiger partial charge in [-0.2, -0.15) is 0 Å². The maximum absolute atomic E-state index is 12.9. The van der Waals surface area contributed by atoms with E-state index in [1.165, 1.54) is 12.1 Å². The molecule has 0 N–H and O–H groups in total. The summed E-state index contributed by atoms with van der Waals surface area (Å²) < 4.78 is 25.8. The fraction of sp³-hybridized carbons (Fsp3) is 0.182. The Balaban J connectivity index is 2.27. The molecule has 1 aliphatic rings. The molecular formula is C11H9F2NO. The standard InChI is InChI=1S/C11H9F2NO/c1-2-10-6-11(14-15-10)7-3-8(12)5-9(13)4-7/h2-5,10H,1,6H2. The van der Waals surface area contributed by atoms with E-state index in [1.54, 1.807) is 6.08 Å². The number of rotatable bonds is 2. The predicted octanol–water partition coefficient (Wildman–Crippen LogP) is 2.64. The zero-order chi connectivity index (χ0) is 10.8. The van der Waals surface area contributed by atoms with Crippen molar-refractivity contribution in [1.29, 1.82) is 0 Å². The van der Waals surface area contributed by atoms with Crippen molar-refractivity contribution < 1.29 is 13.6 Å². The topological polar surface area (TPSA) is 21.6 Å². The molecule has 0 aromatic heterocycles. The normalized spacial score (nSPS) is 19.6. The Kier molecular flexibility index (Phi) is 2.49. The molecule has 4 heteroatoms. The van der Waals surface area contributed by atoms with E-state index in [1.807, 2.05) is 0 Å². The van der Waals surface area contributed by atoms with Gasteiger partial charge in [0.15, 0.2) is 6.10 Å². The van der Waals surface area contributed by atoms with Crippen molar-refractivity contribution in [3.63, 3.8) is 0 Å². The van der Waals surface area contributed by atoms with Crippen LogP contribution in [0, 0.1) is 11.6 Å². The Morgan fingerprint density at radius 3 is 2.53 bits per heavy atom. The lowest BCUT2D eigenvalue weighted by atomic mass is 10.0. The van der Waals surface area contributed by atoms with Crippen LogP contribution in [-0.2, 0) is 4.84 Å². The summed E-state index contributed by atoms with van der Waals surface area (Å²) >= 11 is 0. The zero-order valence-corrected chi connectivity index (χ0v) is 7.91. The molecule has 0 amide bonds. The lowest BCUT2D eigenvalue weighted by Crippen LogP contribution is -2.05. The van der Waals surface area contributed by atoms with Crippen LogP contribution in [0.15, 0.2) is 36.0 Å². The van der Waals surface area contributed by atoms with Crippen LogP contribution in [0.1, 0.15) is 12.0 Å². The average molecular weight is 209 g/mol. The summed E-state index contributed by atoms with van der Waals surface area (Å²) in [5.74, 6) is -1.23. The van der Waals surface area contributed by atoms with Gasteiger partial charge < -0.3 is 4.84 Å². The third-order valence-corrected chi connectivity index (χ3v) is 2.15. The van der Waals surface area contributed by atoms with Crippen molar-refractivity contribution >= 4 is 5.71 Å². The van der Waals surface area contributed by atoms with E-state index in [9.17, 15) is 8.78 Å². The van der Waals surface area contributed by atoms with E-state index in [0.717, 1.165) is 6.07 Å². The van der Waals surface area contributed by atoms with Crippen LogP contribution in [0.25, 0.3) is 0 Å². The number of benzene rings is 1. The van der Waals surface area contributed by atoms with Crippen molar-refractivity contribution in [2.45, 2.75) is 12.5 Å². The summed E-state index contributed by atoms with van der Waals surface area (Å²) in [5.41, 5.74) is 0.954. The maximum Gasteiger partial charge on any atom is 0.151 e. The smallest absolute Gasteiger partial charge is 0.151 e. The molecule has 1 atom stereocenters. The van der Waals surface area contributed by atoms with Gasteiger partial charge in [-0.25, -0.2) is 8.78 Å². The highest BCUT2D eigenvalue weighted by atomic mass is 19.1. The molecule has 2 nitrogen and oxygen atoms in total. The van der Waals surface area contributed by atoms with E-state index in [0.29, 0.717) is 17.7 Å². The third-order valence-electron chi connectivity index (χ3n) is 2.15. The van der Waals surface area contributed by atoms with Crippen LogP contribution in [0.2, 0.25) is 0 Å². The summed E-state index contributed by atoms with van der Waals surface area (Å²) in [7, 11) is 0. The molecule has 78 valence electrons. The highest BCUT2D eigenvalue weighted by Crippen LogP contribution is 2.18. The van der Waals surface area contributed by atoms with Crippen molar-refractivity contribution in [2.24, 2.45) is 5.16 Å². The Bertz CT molecular complexity index is 408. The first-order valence-electron chi connectivity index (χ1n) is 4.51. The highest BCUT2D eigenvalue weighted by molar-refractivity contribution is 6.01. The van der Waals surface area contributed by atoms with Crippen LogP contribution in [-0.4, -0.2) is 11.8 Å². The van der Waals surface area contributed by atoms with Gasteiger partial charge in [-0.1, -0.05) is 11.7 Å². The van der Waals surface area contributed by atoms with Gasteiger partial charge in [0.2, 0.25) is 0 Å². The largest absolute Gasteiger partial charge is 0.388 e. The Labute approximate surface area is 85.9 Å². The monoisotopic (exact) mass is 209 g/mol. The first-order valence-corrected chi connectivity index (χ1v) is 4.51. The van der Waals surface area contributed by atoms with Gasteiger partial charge in [-0.05, 0) is 18.2 Å². The minimum absolute atomic E-state index is 0.202. The number of nitrogens with zero attached hydrogens (tertiary/aromatic N) is 1. The highest BCUT2D eigenvalue weighted by Gasteiger charge is 2.20. The molecule has 1 heterocycles. The number of hydrogen-bond acceptors (Lipinski definition) is 2.